The number of carbonyl (C=O) groups excluding carboxylic acids is 1. The molecule has 140 valence electrons. The predicted molar refractivity (Wildman–Crippen MR) is 96.8 cm³/mol. The molecular formula is C21H30N3O2+. The van der Waals surface area contributed by atoms with E-state index in [2.05, 4.69) is 23.2 Å². The van der Waals surface area contributed by atoms with E-state index in [1.54, 1.807) is 6.26 Å². The lowest BCUT2D eigenvalue weighted by molar-refractivity contribution is -0.685. The van der Waals surface area contributed by atoms with Crippen molar-refractivity contribution in [1.82, 2.24) is 4.90 Å². The van der Waals surface area contributed by atoms with Crippen LogP contribution >= 0.6 is 0 Å². The van der Waals surface area contributed by atoms with Crippen LogP contribution in [0.1, 0.15) is 63.7 Å². The topological polar surface area (TPSA) is 73.8 Å². The first kappa shape index (κ1) is 17.6. The third kappa shape index (κ3) is 3.27. The fourth-order valence-electron chi connectivity index (χ4n) is 6.24. The van der Waals surface area contributed by atoms with Crippen LogP contribution in [0.15, 0.2) is 22.8 Å². The van der Waals surface area contributed by atoms with Gasteiger partial charge in [-0.1, -0.05) is 0 Å². The maximum absolute atomic E-state index is 13.2. The Morgan fingerprint density at radius 1 is 1.35 bits per heavy atom. The molecule has 4 bridgehead atoms. The van der Waals surface area contributed by atoms with Crippen LogP contribution in [0, 0.1) is 29.1 Å². The molecule has 0 spiro atoms. The molecule has 5 rings (SSSR count). The molecule has 0 aliphatic heterocycles. The largest absolute Gasteiger partial charge is 0.463 e. The SMILES string of the molecule is C[C@H]([NH2+]CC(=O)N(CCC#N)C12CC3CC(CC(C3)C1)C2)c1ccco1. The van der Waals surface area contributed by atoms with Gasteiger partial charge in [0.2, 0.25) is 0 Å². The number of nitrogens with two attached hydrogens (primary N) is 1. The molecule has 5 heteroatoms. The highest BCUT2D eigenvalue weighted by atomic mass is 16.3. The summed E-state index contributed by atoms with van der Waals surface area (Å²) in [6.07, 6.45) is 9.67. The van der Waals surface area contributed by atoms with Gasteiger partial charge in [0.05, 0.1) is 18.8 Å². The number of rotatable bonds is 7. The quantitative estimate of drug-likeness (QED) is 0.816. The predicted octanol–water partition coefficient (Wildman–Crippen LogP) is 2.62. The minimum Gasteiger partial charge on any atom is -0.463 e. The Morgan fingerprint density at radius 3 is 2.54 bits per heavy atom. The standard InChI is InChI=1S/C21H29N3O2/c1-15(19-4-2-7-26-19)23-14-20(25)24(6-3-5-22)21-11-16-8-17(12-21)10-18(9-16)13-21/h2,4,7,15-18,23H,3,6,8-14H2,1H3/p+1/t15-,16?,17?,18?,21?/m0/s1. The van der Waals surface area contributed by atoms with Gasteiger partial charge in [0.1, 0.15) is 6.04 Å². The number of quaternary nitrogens is 1. The summed E-state index contributed by atoms with van der Waals surface area (Å²) in [6.45, 7) is 3.08. The van der Waals surface area contributed by atoms with Crippen LogP contribution in [0.5, 0.6) is 0 Å². The number of amides is 1. The van der Waals surface area contributed by atoms with E-state index in [1.807, 2.05) is 12.1 Å². The fraction of sp³-hybridized carbons (Fsp3) is 0.714. The molecule has 5 nitrogen and oxygen atoms in total. The van der Waals surface area contributed by atoms with Gasteiger partial charge in [-0.15, -0.1) is 0 Å². The van der Waals surface area contributed by atoms with Crippen molar-refractivity contribution >= 4 is 5.91 Å². The van der Waals surface area contributed by atoms with Crippen molar-refractivity contribution in [1.29, 1.82) is 5.26 Å². The molecule has 26 heavy (non-hydrogen) atoms. The molecule has 1 heterocycles. The Labute approximate surface area is 155 Å². The maximum Gasteiger partial charge on any atom is 0.278 e. The van der Waals surface area contributed by atoms with Crippen molar-refractivity contribution in [3.05, 3.63) is 24.2 Å². The zero-order chi connectivity index (χ0) is 18.1. The lowest BCUT2D eigenvalue weighted by atomic mass is 9.52. The van der Waals surface area contributed by atoms with Gasteiger partial charge in [0.15, 0.2) is 12.3 Å². The van der Waals surface area contributed by atoms with Crippen LogP contribution in [0.2, 0.25) is 0 Å². The Bertz CT molecular complexity index is 641. The van der Waals surface area contributed by atoms with Gasteiger partial charge in [0, 0.05) is 12.1 Å². The van der Waals surface area contributed by atoms with Gasteiger partial charge < -0.3 is 14.6 Å². The summed E-state index contributed by atoms with van der Waals surface area (Å²) >= 11 is 0. The second-order valence-electron chi connectivity index (χ2n) is 8.84. The van der Waals surface area contributed by atoms with E-state index in [-0.39, 0.29) is 17.5 Å². The summed E-state index contributed by atoms with van der Waals surface area (Å²) in [7, 11) is 0. The maximum atomic E-state index is 13.2. The molecule has 0 unspecified atom stereocenters. The van der Waals surface area contributed by atoms with Crippen molar-refractivity contribution in [3.8, 4) is 6.07 Å². The van der Waals surface area contributed by atoms with E-state index in [0.29, 0.717) is 19.5 Å². The second kappa shape index (κ2) is 7.08. The monoisotopic (exact) mass is 356 g/mol. The summed E-state index contributed by atoms with van der Waals surface area (Å²) in [4.78, 5) is 15.3. The average molecular weight is 356 g/mol. The van der Waals surface area contributed by atoms with E-state index in [4.69, 9.17) is 9.68 Å². The fourth-order valence-corrected chi connectivity index (χ4v) is 6.24. The molecule has 4 aliphatic rings. The summed E-state index contributed by atoms with van der Waals surface area (Å²) < 4.78 is 5.45. The highest BCUT2D eigenvalue weighted by Crippen LogP contribution is 2.57. The zero-order valence-corrected chi connectivity index (χ0v) is 15.7. The van der Waals surface area contributed by atoms with Crippen LogP contribution in [0.25, 0.3) is 0 Å². The van der Waals surface area contributed by atoms with E-state index in [1.165, 1.54) is 19.3 Å². The molecule has 4 fully saturated rings. The number of hydrogen-bond acceptors (Lipinski definition) is 3. The van der Waals surface area contributed by atoms with Crippen LogP contribution in [-0.4, -0.2) is 29.4 Å². The van der Waals surface area contributed by atoms with Crippen molar-refractivity contribution in [2.24, 2.45) is 17.8 Å². The van der Waals surface area contributed by atoms with Gasteiger partial charge in [-0.2, -0.15) is 5.26 Å². The van der Waals surface area contributed by atoms with E-state index >= 15 is 0 Å². The minimum absolute atomic E-state index is 0.0322. The minimum atomic E-state index is 0.0322. The Morgan fingerprint density at radius 2 is 2.00 bits per heavy atom. The van der Waals surface area contributed by atoms with Gasteiger partial charge in [0.25, 0.3) is 5.91 Å². The van der Waals surface area contributed by atoms with E-state index in [9.17, 15) is 4.79 Å². The summed E-state index contributed by atoms with van der Waals surface area (Å²) in [5, 5.41) is 11.2. The number of carbonyl (C=O) groups is 1. The number of hydrogen-bond donors (Lipinski definition) is 1. The van der Waals surface area contributed by atoms with Crippen LogP contribution in [-0.2, 0) is 4.79 Å². The lowest BCUT2D eigenvalue weighted by Crippen LogP contribution is -2.87. The van der Waals surface area contributed by atoms with Crippen molar-refractivity contribution < 1.29 is 14.5 Å². The molecule has 4 aliphatic carbocycles. The highest BCUT2D eigenvalue weighted by molar-refractivity contribution is 5.78. The summed E-state index contributed by atoms with van der Waals surface area (Å²) in [5.74, 6) is 3.48. The molecule has 2 N–H and O–H groups in total. The normalized spacial score (nSPS) is 33.0. The van der Waals surface area contributed by atoms with E-state index < -0.39 is 0 Å². The number of nitriles is 1. The summed E-state index contributed by atoms with van der Waals surface area (Å²) in [5.41, 5.74) is 0.0322. The third-order valence-electron chi connectivity index (χ3n) is 6.96. The molecule has 1 aromatic rings. The lowest BCUT2D eigenvalue weighted by Gasteiger charge is -2.60. The Hall–Kier alpha value is -1.80. The molecule has 1 atom stereocenters. The molecular weight excluding hydrogens is 326 g/mol. The Balaban J connectivity index is 1.46. The first-order chi connectivity index (χ1) is 12.6. The molecule has 0 radical (unpaired) electrons. The first-order valence-electron chi connectivity index (χ1n) is 10.1. The van der Waals surface area contributed by atoms with Gasteiger partial charge in [-0.25, -0.2) is 0 Å². The molecule has 1 aromatic heterocycles. The Kier molecular flexibility index (Phi) is 4.79. The van der Waals surface area contributed by atoms with Crippen LogP contribution in [0.3, 0.4) is 0 Å². The molecule has 0 saturated heterocycles. The van der Waals surface area contributed by atoms with Crippen LogP contribution < -0.4 is 5.32 Å². The molecule has 0 aromatic carbocycles. The van der Waals surface area contributed by atoms with Crippen molar-refractivity contribution in [2.75, 3.05) is 13.1 Å². The number of furan rings is 1. The second-order valence-corrected chi connectivity index (χ2v) is 8.84. The highest BCUT2D eigenvalue weighted by Gasteiger charge is 2.54. The number of nitrogens with zero attached hydrogens (tertiary/aromatic N) is 2. The van der Waals surface area contributed by atoms with Gasteiger partial charge >= 0.3 is 0 Å². The average Bonchev–Trinajstić information content (AvgIpc) is 3.13. The molecule has 1 amide bonds. The van der Waals surface area contributed by atoms with Gasteiger partial charge in [-0.3, -0.25) is 4.79 Å². The van der Waals surface area contributed by atoms with Gasteiger partial charge in [-0.05, 0) is 75.3 Å². The molecule has 4 saturated carbocycles. The van der Waals surface area contributed by atoms with Crippen molar-refractivity contribution in [3.63, 3.8) is 0 Å². The van der Waals surface area contributed by atoms with Crippen molar-refractivity contribution in [2.45, 2.75) is 63.5 Å². The van der Waals surface area contributed by atoms with E-state index in [0.717, 1.165) is 42.8 Å². The van der Waals surface area contributed by atoms with Crippen LogP contribution in [0.4, 0.5) is 0 Å². The zero-order valence-electron chi connectivity index (χ0n) is 15.7. The first-order valence-corrected chi connectivity index (χ1v) is 10.1. The summed E-state index contributed by atoms with van der Waals surface area (Å²) in [6, 6.07) is 6.22. The third-order valence-corrected chi connectivity index (χ3v) is 6.96. The smallest absolute Gasteiger partial charge is 0.278 e.